The molecule has 138 valence electrons. The van der Waals surface area contributed by atoms with Crippen molar-refractivity contribution in [3.8, 4) is 0 Å². The molecule has 2 heterocycles. The summed E-state index contributed by atoms with van der Waals surface area (Å²) in [6.45, 7) is 0.789. The zero-order chi connectivity index (χ0) is 18.6. The van der Waals surface area contributed by atoms with Crippen molar-refractivity contribution < 1.29 is 13.9 Å². The summed E-state index contributed by atoms with van der Waals surface area (Å²) in [5.74, 6) is 0.193. The third-order valence-corrected chi connectivity index (χ3v) is 5.51. The molecular formula is C21H19FN2O2S. The Morgan fingerprint density at radius 1 is 1.19 bits per heavy atom. The van der Waals surface area contributed by atoms with Gasteiger partial charge in [0.15, 0.2) is 5.17 Å². The molecule has 1 saturated heterocycles. The van der Waals surface area contributed by atoms with Gasteiger partial charge in [0.05, 0.1) is 11.8 Å². The lowest BCUT2D eigenvalue weighted by Gasteiger charge is -2.18. The van der Waals surface area contributed by atoms with Crippen molar-refractivity contribution in [2.45, 2.75) is 18.9 Å². The highest BCUT2D eigenvalue weighted by Crippen LogP contribution is 2.31. The van der Waals surface area contributed by atoms with Gasteiger partial charge < -0.3 is 4.74 Å². The number of amides is 1. The van der Waals surface area contributed by atoms with Crippen molar-refractivity contribution in [2.24, 2.45) is 4.99 Å². The molecule has 1 atom stereocenters. The first-order valence-electron chi connectivity index (χ1n) is 8.90. The maximum atomic E-state index is 13.3. The smallest absolute Gasteiger partial charge is 0.283 e. The third kappa shape index (κ3) is 4.12. The fourth-order valence-corrected chi connectivity index (χ4v) is 4.14. The molecule has 0 N–H and O–H groups in total. The van der Waals surface area contributed by atoms with Crippen LogP contribution in [0.4, 0.5) is 10.1 Å². The van der Waals surface area contributed by atoms with E-state index < -0.39 is 0 Å². The molecule has 0 bridgehead atoms. The number of carbonyl (C=O) groups excluding carboxylic acids is 1. The third-order valence-electron chi connectivity index (χ3n) is 4.44. The zero-order valence-corrected chi connectivity index (χ0v) is 15.5. The van der Waals surface area contributed by atoms with E-state index in [4.69, 9.17) is 4.74 Å². The van der Waals surface area contributed by atoms with Crippen LogP contribution in [0, 0.1) is 5.82 Å². The SMILES string of the molecule is O=C1/C(=C/c2ccccc2)N=C(SCC2CCCO2)N1c1ccc(F)cc1. The van der Waals surface area contributed by atoms with Crippen LogP contribution in [0.2, 0.25) is 0 Å². The second-order valence-electron chi connectivity index (χ2n) is 6.40. The van der Waals surface area contributed by atoms with Gasteiger partial charge in [0, 0.05) is 12.4 Å². The van der Waals surface area contributed by atoms with Gasteiger partial charge in [0.25, 0.3) is 5.91 Å². The summed E-state index contributed by atoms with van der Waals surface area (Å²) in [6.07, 6.45) is 4.05. The van der Waals surface area contributed by atoms with Crippen LogP contribution in [-0.2, 0) is 9.53 Å². The Morgan fingerprint density at radius 2 is 1.96 bits per heavy atom. The van der Waals surface area contributed by atoms with Crippen LogP contribution in [0.25, 0.3) is 6.08 Å². The second kappa shape index (κ2) is 8.06. The Morgan fingerprint density at radius 3 is 2.67 bits per heavy atom. The van der Waals surface area contributed by atoms with Gasteiger partial charge in [-0.05, 0) is 48.7 Å². The molecule has 27 heavy (non-hydrogen) atoms. The fourth-order valence-electron chi connectivity index (χ4n) is 3.06. The minimum atomic E-state index is -0.337. The van der Waals surface area contributed by atoms with Gasteiger partial charge in [-0.3, -0.25) is 9.69 Å². The molecule has 1 unspecified atom stereocenters. The highest BCUT2D eigenvalue weighted by Gasteiger charge is 2.32. The molecule has 0 radical (unpaired) electrons. The van der Waals surface area contributed by atoms with E-state index in [2.05, 4.69) is 4.99 Å². The zero-order valence-electron chi connectivity index (χ0n) is 14.7. The van der Waals surface area contributed by atoms with E-state index in [-0.39, 0.29) is 17.8 Å². The number of aliphatic imine (C=N–C) groups is 1. The number of carbonyl (C=O) groups is 1. The fraction of sp³-hybridized carbons (Fsp3) is 0.238. The Kier molecular flexibility index (Phi) is 5.36. The lowest BCUT2D eigenvalue weighted by molar-refractivity contribution is -0.113. The summed E-state index contributed by atoms with van der Waals surface area (Å²) in [5.41, 5.74) is 1.89. The maximum Gasteiger partial charge on any atom is 0.283 e. The number of nitrogens with zero attached hydrogens (tertiary/aromatic N) is 2. The molecule has 0 spiro atoms. The molecule has 0 saturated carbocycles. The van der Waals surface area contributed by atoms with Crippen LogP contribution < -0.4 is 4.90 Å². The van der Waals surface area contributed by atoms with Gasteiger partial charge in [-0.25, -0.2) is 9.38 Å². The number of amidine groups is 1. The summed E-state index contributed by atoms with van der Waals surface area (Å²) in [6, 6.07) is 15.5. The second-order valence-corrected chi connectivity index (χ2v) is 7.38. The standard InChI is InChI=1S/C21H19FN2O2S/c22-16-8-10-17(11-9-16)24-20(25)19(13-15-5-2-1-3-6-15)23-21(24)27-14-18-7-4-12-26-18/h1-3,5-6,8-11,13,18H,4,7,12,14H2/b19-13-. The van der Waals surface area contributed by atoms with Gasteiger partial charge >= 0.3 is 0 Å². The van der Waals surface area contributed by atoms with Gasteiger partial charge in [-0.15, -0.1) is 0 Å². The molecule has 1 fully saturated rings. The quantitative estimate of drug-likeness (QED) is 0.732. The molecule has 0 aromatic heterocycles. The van der Waals surface area contributed by atoms with E-state index >= 15 is 0 Å². The summed E-state index contributed by atoms with van der Waals surface area (Å²) >= 11 is 1.50. The molecule has 0 aliphatic carbocycles. The number of benzene rings is 2. The molecule has 2 aromatic carbocycles. The van der Waals surface area contributed by atoms with Gasteiger partial charge in [-0.1, -0.05) is 42.1 Å². The number of hydrogen-bond acceptors (Lipinski definition) is 4. The molecule has 4 rings (SSSR count). The predicted molar refractivity (Wildman–Crippen MR) is 107 cm³/mol. The normalized spacial score (nSPS) is 21.1. The van der Waals surface area contributed by atoms with Crippen LogP contribution in [0.5, 0.6) is 0 Å². The minimum Gasteiger partial charge on any atom is -0.377 e. The van der Waals surface area contributed by atoms with Crippen molar-refractivity contribution in [2.75, 3.05) is 17.3 Å². The van der Waals surface area contributed by atoms with Crippen LogP contribution in [0.1, 0.15) is 18.4 Å². The first kappa shape index (κ1) is 17.9. The Balaban J connectivity index is 1.62. The number of halogens is 1. The van der Waals surface area contributed by atoms with Crippen LogP contribution in [0.3, 0.4) is 0 Å². The van der Waals surface area contributed by atoms with Crippen molar-refractivity contribution in [3.05, 3.63) is 71.7 Å². The van der Waals surface area contributed by atoms with E-state index in [1.807, 2.05) is 30.3 Å². The number of rotatable bonds is 4. The summed E-state index contributed by atoms with van der Waals surface area (Å²) in [5, 5.41) is 0.601. The van der Waals surface area contributed by atoms with Crippen molar-refractivity contribution in [1.82, 2.24) is 0 Å². The average molecular weight is 382 g/mol. The first-order valence-corrected chi connectivity index (χ1v) is 9.89. The van der Waals surface area contributed by atoms with E-state index in [0.29, 0.717) is 16.6 Å². The molecular weight excluding hydrogens is 363 g/mol. The van der Waals surface area contributed by atoms with Crippen LogP contribution in [0.15, 0.2) is 65.3 Å². The van der Waals surface area contributed by atoms with Crippen LogP contribution >= 0.6 is 11.8 Å². The Labute approximate surface area is 161 Å². The van der Waals surface area contributed by atoms with E-state index in [1.54, 1.807) is 23.1 Å². The molecule has 2 aromatic rings. The lowest BCUT2D eigenvalue weighted by Crippen LogP contribution is -2.31. The van der Waals surface area contributed by atoms with Crippen LogP contribution in [-0.4, -0.2) is 29.5 Å². The van der Waals surface area contributed by atoms with Crippen molar-refractivity contribution in [3.63, 3.8) is 0 Å². The minimum absolute atomic E-state index is 0.185. The van der Waals surface area contributed by atoms with E-state index in [1.165, 1.54) is 23.9 Å². The van der Waals surface area contributed by atoms with Gasteiger partial charge in [0.1, 0.15) is 11.5 Å². The monoisotopic (exact) mass is 382 g/mol. The van der Waals surface area contributed by atoms with E-state index in [9.17, 15) is 9.18 Å². The first-order chi connectivity index (χ1) is 13.2. The molecule has 2 aliphatic rings. The highest BCUT2D eigenvalue weighted by atomic mass is 32.2. The largest absolute Gasteiger partial charge is 0.377 e. The predicted octanol–water partition coefficient (Wildman–Crippen LogP) is 4.48. The summed E-state index contributed by atoms with van der Waals surface area (Å²) in [7, 11) is 0. The lowest BCUT2D eigenvalue weighted by atomic mass is 10.2. The highest BCUT2D eigenvalue weighted by molar-refractivity contribution is 8.14. The summed E-state index contributed by atoms with van der Waals surface area (Å²) in [4.78, 5) is 19.1. The molecule has 6 heteroatoms. The van der Waals surface area contributed by atoms with Gasteiger partial charge in [-0.2, -0.15) is 0 Å². The Hall–Kier alpha value is -2.44. The number of hydrogen-bond donors (Lipinski definition) is 0. The molecule has 2 aliphatic heterocycles. The van der Waals surface area contributed by atoms with Crippen molar-refractivity contribution >= 4 is 34.6 Å². The summed E-state index contributed by atoms with van der Waals surface area (Å²) < 4.78 is 19.0. The average Bonchev–Trinajstić information content (AvgIpc) is 3.30. The number of ether oxygens (including phenoxy) is 1. The topological polar surface area (TPSA) is 41.9 Å². The number of thioether (sulfide) groups is 1. The van der Waals surface area contributed by atoms with E-state index in [0.717, 1.165) is 30.8 Å². The molecule has 4 nitrogen and oxygen atoms in total. The maximum absolute atomic E-state index is 13.3. The Bertz CT molecular complexity index is 875. The van der Waals surface area contributed by atoms with Crippen molar-refractivity contribution in [1.29, 1.82) is 0 Å². The number of anilines is 1. The molecule has 1 amide bonds. The van der Waals surface area contributed by atoms with Gasteiger partial charge in [0.2, 0.25) is 0 Å².